The maximum absolute atomic E-state index is 12.5. The van der Waals surface area contributed by atoms with Crippen molar-refractivity contribution in [2.75, 3.05) is 5.32 Å². The Morgan fingerprint density at radius 1 is 1.21 bits per heavy atom. The van der Waals surface area contributed by atoms with Crippen LogP contribution in [0.15, 0.2) is 42.5 Å². The number of hydrogen-bond acceptors (Lipinski definition) is 1. The molecule has 0 aromatic heterocycles. The zero-order chi connectivity index (χ0) is 17.7. The van der Waals surface area contributed by atoms with Gasteiger partial charge in [0.2, 0.25) is 0 Å². The molecule has 3 nitrogen and oxygen atoms in total. The van der Waals surface area contributed by atoms with Crippen LogP contribution in [-0.2, 0) is 11.9 Å². The number of anilines is 1. The molecule has 0 spiro atoms. The van der Waals surface area contributed by atoms with E-state index in [1.165, 1.54) is 12.1 Å². The van der Waals surface area contributed by atoms with Crippen LogP contribution >= 0.6 is 11.4 Å². The van der Waals surface area contributed by atoms with E-state index in [1.54, 1.807) is 30.6 Å². The predicted octanol–water partition coefficient (Wildman–Crippen LogP) is 4.55. The van der Waals surface area contributed by atoms with Crippen LogP contribution in [-0.4, -0.2) is 16.6 Å². The van der Waals surface area contributed by atoms with Gasteiger partial charge in [0.15, 0.2) is 0 Å². The van der Waals surface area contributed by atoms with Gasteiger partial charge in [0.05, 0.1) is 16.8 Å². The van der Waals surface area contributed by atoms with E-state index in [2.05, 4.69) is 5.32 Å². The largest absolute Gasteiger partial charge is 0.478 e. The summed E-state index contributed by atoms with van der Waals surface area (Å²) < 4.78 is 37.5. The Hall–Kier alpha value is -2.28. The molecule has 2 aromatic rings. The quantitative estimate of drug-likeness (QED) is 0.545. The maximum Gasteiger partial charge on any atom is 0.416 e. The summed E-state index contributed by atoms with van der Waals surface area (Å²) in [5, 5.41) is 12.2. The summed E-state index contributed by atoms with van der Waals surface area (Å²) >= 11 is 0.813. The zero-order valence-corrected chi connectivity index (χ0v) is 13.7. The van der Waals surface area contributed by atoms with Crippen LogP contribution in [0.2, 0.25) is 0 Å². The van der Waals surface area contributed by atoms with Crippen molar-refractivity contribution in [2.24, 2.45) is 0 Å². The van der Waals surface area contributed by atoms with Crippen LogP contribution < -0.4 is 5.32 Å². The number of benzene rings is 2. The molecule has 0 heterocycles. The van der Waals surface area contributed by atoms with E-state index in [1.807, 2.05) is 0 Å². The van der Waals surface area contributed by atoms with Gasteiger partial charge < -0.3 is 10.4 Å². The molecule has 0 fully saturated rings. The minimum Gasteiger partial charge on any atom is -0.478 e. The molecule has 128 valence electrons. The van der Waals surface area contributed by atoms with E-state index in [0.717, 1.165) is 29.0 Å². The molecule has 0 amide bonds. The summed E-state index contributed by atoms with van der Waals surface area (Å²) in [4.78, 5) is 11.3. The summed E-state index contributed by atoms with van der Waals surface area (Å²) in [6, 6.07) is 10.1. The van der Waals surface area contributed by atoms with Crippen LogP contribution in [0.4, 0.5) is 18.9 Å². The van der Waals surface area contributed by atoms with E-state index >= 15 is 0 Å². The minimum atomic E-state index is -4.33. The van der Waals surface area contributed by atoms with Gasteiger partial charge in [-0.1, -0.05) is 24.3 Å². The summed E-state index contributed by atoms with van der Waals surface area (Å²) in [5.41, 5.74) is 3.13. The smallest absolute Gasteiger partial charge is 0.416 e. The first-order valence-electron chi connectivity index (χ1n) is 7.03. The molecule has 0 atom stereocenters. The van der Waals surface area contributed by atoms with E-state index in [0.29, 0.717) is 17.0 Å². The van der Waals surface area contributed by atoms with Crippen molar-refractivity contribution in [3.63, 3.8) is 0 Å². The van der Waals surface area contributed by atoms with Crippen LogP contribution in [0.1, 0.15) is 27.0 Å². The molecule has 2 aromatic carbocycles. The number of halogens is 3. The SMILES string of the molecule is Cc1cccc(NC=[SH]Cc2ccc(C(F)(F)F)cc2)c1C(=O)O. The number of carboxylic acid groups (broad SMARTS) is 1. The van der Waals surface area contributed by atoms with Gasteiger partial charge in [-0.2, -0.15) is 24.5 Å². The van der Waals surface area contributed by atoms with Gasteiger partial charge in [-0.25, -0.2) is 4.79 Å². The lowest BCUT2D eigenvalue weighted by Crippen LogP contribution is -2.06. The summed E-state index contributed by atoms with van der Waals surface area (Å²) in [7, 11) is 0. The number of thiol groups is 1. The fourth-order valence-electron chi connectivity index (χ4n) is 2.14. The number of hydrogen-bond donors (Lipinski definition) is 3. The molecule has 24 heavy (non-hydrogen) atoms. The van der Waals surface area contributed by atoms with Crippen LogP contribution in [0, 0.1) is 6.92 Å². The maximum atomic E-state index is 12.5. The van der Waals surface area contributed by atoms with Crippen molar-refractivity contribution in [2.45, 2.75) is 18.9 Å². The molecule has 2 N–H and O–H groups in total. The van der Waals surface area contributed by atoms with Crippen LogP contribution in [0.5, 0.6) is 0 Å². The summed E-state index contributed by atoms with van der Waals surface area (Å²) in [5.74, 6) is -0.484. The highest BCUT2D eigenvalue weighted by Crippen LogP contribution is 2.29. The third-order valence-corrected chi connectivity index (χ3v) is 4.21. The average molecular weight is 355 g/mol. The van der Waals surface area contributed by atoms with E-state index in [-0.39, 0.29) is 5.56 Å². The Balaban J connectivity index is 2.01. The summed E-state index contributed by atoms with van der Waals surface area (Å²) in [6.45, 7) is 1.72. The Morgan fingerprint density at radius 2 is 1.88 bits per heavy atom. The number of carbonyl (C=O) groups is 1. The van der Waals surface area contributed by atoms with Gasteiger partial charge >= 0.3 is 12.1 Å². The molecule has 0 aliphatic rings. The first-order chi connectivity index (χ1) is 11.3. The number of carboxylic acids is 1. The number of aryl methyl sites for hydroxylation is 1. The van der Waals surface area contributed by atoms with Gasteiger partial charge in [-0.15, -0.1) is 0 Å². The predicted molar refractivity (Wildman–Crippen MR) is 92.0 cm³/mol. The number of alkyl halides is 3. The number of aromatic carboxylic acids is 1. The summed E-state index contributed by atoms with van der Waals surface area (Å²) in [6.07, 6.45) is -4.33. The van der Waals surface area contributed by atoms with Crippen LogP contribution in [0.3, 0.4) is 0 Å². The molecular weight excluding hydrogens is 339 g/mol. The van der Waals surface area contributed by atoms with Gasteiger partial charge in [0.1, 0.15) is 0 Å². The fraction of sp³-hybridized carbons (Fsp3) is 0.176. The van der Waals surface area contributed by atoms with Gasteiger partial charge in [-0.05, 0) is 36.2 Å². The van der Waals surface area contributed by atoms with Gasteiger partial charge in [0.25, 0.3) is 0 Å². The fourth-order valence-corrected chi connectivity index (χ4v) is 2.88. The van der Waals surface area contributed by atoms with Crippen LogP contribution in [0.25, 0.3) is 0 Å². The Kier molecular flexibility index (Phi) is 5.66. The molecule has 0 aliphatic heterocycles. The second kappa shape index (κ2) is 7.53. The highest BCUT2D eigenvalue weighted by Gasteiger charge is 2.29. The van der Waals surface area contributed by atoms with Gasteiger partial charge in [-0.3, -0.25) is 0 Å². The van der Waals surface area contributed by atoms with Crippen molar-refractivity contribution in [1.29, 1.82) is 0 Å². The third-order valence-electron chi connectivity index (χ3n) is 3.35. The second-order valence-electron chi connectivity index (χ2n) is 5.11. The van der Waals surface area contributed by atoms with E-state index in [4.69, 9.17) is 0 Å². The second-order valence-corrected chi connectivity index (χ2v) is 6.05. The molecule has 0 bridgehead atoms. The molecule has 0 saturated carbocycles. The lowest BCUT2D eigenvalue weighted by molar-refractivity contribution is -0.137. The Morgan fingerprint density at radius 3 is 2.46 bits per heavy atom. The molecule has 0 saturated heterocycles. The normalized spacial score (nSPS) is 12.0. The first kappa shape index (κ1) is 18.1. The first-order valence-corrected chi connectivity index (χ1v) is 8.18. The average Bonchev–Trinajstić information content (AvgIpc) is 2.51. The lowest BCUT2D eigenvalue weighted by Gasteiger charge is -2.08. The molecule has 0 radical (unpaired) electrons. The topological polar surface area (TPSA) is 49.3 Å². The molecule has 2 rings (SSSR count). The standard InChI is InChI=1S/C17H16F3NO2S/c1-11-3-2-4-14(15(11)16(22)23)21-10-24-9-12-5-7-13(8-6-12)17(18,19)20/h2-8,10,21,24H,9H2,1H3,(H,22,23). The van der Waals surface area contributed by atoms with Gasteiger partial charge in [0, 0.05) is 11.2 Å². The molecule has 7 heteroatoms. The monoisotopic (exact) mass is 355 g/mol. The van der Waals surface area contributed by atoms with Crippen molar-refractivity contribution in [3.05, 3.63) is 64.7 Å². The molecular formula is C17H16F3NO2S. The van der Waals surface area contributed by atoms with Crippen molar-refractivity contribution in [3.8, 4) is 0 Å². The highest BCUT2D eigenvalue weighted by atomic mass is 32.1. The van der Waals surface area contributed by atoms with E-state index < -0.39 is 17.7 Å². The number of nitrogens with one attached hydrogen (secondary N) is 1. The minimum absolute atomic E-state index is 0.207. The Bertz CT molecular complexity index is 755. The lowest BCUT2D eigenvalue weighted by atomic mass is 10.1. The van der Waals surface area contributed by atoms with Crippen molar-refractivity contribution < 1.29 is 23.1 Å². The van der Waals surface area contributed by atoms with E-state index in [9.17, 15) is 23.1 Å². The van der Waals surface area contributed by atoms with Crippen molar-refractivity contribution >= 4 is 28.5 Å². The number of rotatable bonds is 5. The molecule has 0 unspecified atom stereocenters. The Labute approximate surface area is 141 Å². The molecule has 0 aliphatic carbocycles. The zero-order valence-electron chi connectivity index (χ0n) is 12.8. The highest BCUT2D eigenvalue weighted by molar-refractivity contribution is 7.96. The third kappa shape index (κ3) is 4.61. The van der Waals surface area contributed by atoms with Crippen molar-refractivity contribution in [1.82, 2.24) is 0 Å².